The molecule has 1 saturated heterocycles. The maximum atomic E-state index is 12.7. The highest BCUT2D eigenvalue weighted by atomic mass is 32.2. The van der Waals surface area contributed by atoms with E-state index in [0.717, 1.165) is 56.9 Å². The molecule has 1 saturated carbocycles. The van der Waals surface area contributed by atoms with E-state index in [1.54, 1.807) is 6.92 Å². The Balaban J connectivity index is 1.42. The van der Waals surface area contributed by atoms with Crippen LogP contribution in [0.15, 0.2) is 29.4 Å². The second-order valence-corrected chi connectivity index (χ2v) is 8.71. The van der Waals surface area contributed by atoms with Gasteiger partial charge in [-0.05, 0) is 56.9 Å². The summed E-state index contributed by atoms with van der Waals surface area (Å²) in [5.74, 6) is 0.589. The van der Waals surface area contributed by atoms with Gasteiger partial charge in [-0.2, -0.15) is 13.2 Å². The molecule has 2 fully saturated rings. The number of amides is 1. The maximum absolute atomic E-state index is 12.7. The van der Waals surface area contributed by atoms with E-state index in [1.165, 1.54) is 23.9 Å². The first-order valence-corrected chi connectivity index (χ1v) is 10.6. The summed E-state index contributed by atoms with van der Waals surface area (Å²) >= 11 is 1.32. The van der Waals surface area contributed by atoms with Crippen molar-refractivity contribution in [2.45, 2.75) is 55.2 Å². The van der Waals surface area contributed by atoms with Crippen LogP contribution in [0.5, 0.6) is 0 Å². The molecule has 1 aliphatic heterocycles. The number of rotatable bonds is 6. The van der Waals surface area contributed by atoms with Crippen molar-refractivity contribution in [1.82, 2.24) is 14.8 Å². The van der Waals surface area contributed by atoms with Gasteiger partial charge in [0.05, 0.1) is 10.8 Å². The average Bonchev–Trinajstić information content (AvgIpc) is 3.20. The van der Waals surface area contributed by atoms with Crippen molar-refractivity contribution in [3.05, 3.63) is 29.8 Å². The van der Waals surface area contributed by atoms with Crippen LogP contribution in [-0.2, 0) is 11.0 Å². The lowest BCUT2D eigenvalue weighted by Gasteiger charge is -2.18. The summed E-state index contributed by atoms with van der Waals surface area (Å²) in [6.45, 7) is 3.70. The highest BCUT2D eigenvalue weighted by molar-refractivity contribution is 8.00. The highest BCUT2D eigenvalue weighted by Gasteiger charge is 2.33. The smallest absolute Gasteiger partial charge is 0.341 e. The fraction of sp³-hybridized carbons (Fsp3) is 0.526. The summed E-state index contributed by atoms with van der Waals surface area (Å²) in [4.78, 5) is 14.8. The number of benzene rings is 1. The van der Waals surface area contributed by atoms with Crippen molar-refractivity contribution in [3.63, 3.8) is 0 Å². The fourth-order valence-electron chi connectivity index (χ4n) is 3.33. The Labute approximate surface area is 170 Å². The number of thioether (sulfide) groups is 1. The first-order valence-electron chi connectivity index (χ1n) is 9.67. The normalized spacial score (nSPS) is 18.1. The monoisotopic (exact) mass is 425 g/mol. The van der Waals surface area contributed by atoms with Gasteiger partial charge in [0.15, 0.2) is 5.16 Å². The van der Waals surface area contributed by atoms with Gasteiger partial charge < -0.3 is 10.2 Å². The molecule has 1 unspecified atom stereocenters. The van der Waals surface area contributed by atoms with Gasteiger partial charge in [-0.25, -0.2) is 0 Å². The van der Waals surface area contributed by atoms with Gasteiger partial charge in [-0.1, -0.05) is 11.8 Å². The van der Waals surface area contributed by atoms with Gasteiger partial charge in [-0.3, -0.25) is 9.36 Å². The Bertz CT molecular complexity index is 873. The van der Waals surface area contributed by atoms with Gasteiger partial charge in [0, 0.05) is 24.8 Å². The molecule has 0 spiro atoms. The van der Waals surface area contributed by atoms with E-state index in [4.69, 9.17) is 0 Å². The predicted molar refractivity (Wildman–Crippen MR) is 105 cm³/mol. The minimum Gasteiger partial charge on any atom is -0.341 e. The lowest BCUT2D eigenvalue weighted by Crippen LogP contribution is -2.24. The van der Waals surface area contributed by atoms with Crippen molar-refractivity contribution in [2.75, 3.05) is 23.3 Å². The second kappa shape index (κ2) is 7.89. The molecule has 10 heteroatoms. The summed E-state index contributed by atoms with van der Waals surface area (Å²) in [6.07, 6.45) is 0.0562. The van der Waals surface area contributed by atoms with E-state index in [1.807, 2.05) is 0 Å². The summed E-state index contributed by atoms with van der Waals surface area (Å²) in [7, 11) is 0. The number of hydrogen-bond acceptors (Lipinski definition) is 5. The lowest BCUT2D eigenvalue weighted by molar-refractivity contribution is -0.137. The van der Waals surface area contributed by atoms with E-state index in [2.05, 4.69) is 25.0 Å². The van der Waals surface area contributed by atoms with Gasteiger partial charge in [-0.15, -0.1) is 10.2 Å². The molecule has 1 N–H and O–H groups in total. The summed E-state index contributed by atoms with van der Waals surface area (Å²) in [6, 6.07) is 4.82. The zero-order chi connectivity index (χ0) is 20.6. The molecule has 1 atom stereocenters. The largest absolute Gasteiger partial charge is 0.416 e. The molecular formula is C19H22F3N5OS. The van der Waals surface area contributed by atoms with Crippen molar-refractivity contribution < 1.29 is 18.0 Å². The Morgan fingerprint density at radius 2 is 1.83 bits per heavy atom. The average molecular weight is 425 g/mol. The molecule has 2 heterocycles. The van der Waals surface area contributed by atoms with Crippen LogP contribution in [0.2, 0.25) is 0 Å². The van der Waals surface area contributed by atoms with E-state index >= 15 is 0 Å². The summed E-state index contributed by atoms with van der Waals surface area (Å²) in [5, 5.41) is 11.6. The Kier molecular flexibility index (Phi) is 5.46. The molecule has 2 aliphatic rings. The van der Waals surface area contributed by atoms with Crippen LogP contribution in [0.1, 0.15) is 44.2 Å². The Morgan fingerprint density at radius 3 is 2.41 bits per heavy atom. The molecule has 1 aromatic heterocycles. The fourth-order valence-corrected chi connectivity index (χ4v) is 4.25. The number of hydrogen-bond donors (Lipinski definition) is 1. The molecular weight excluding hydrogens is 403 g/mol. The standard InChI is InChI=1S/C19H22F3N5OS/c1-12(16(28)23-14-6-4-13(5-7-14)19(20,21)22)29-18-25-24-17(26-10-2-3-11-26)27(18)15-8-9-15/h4-7,12,15H,2-3,8-11H2,1H3,(H,23,28). The zero-order valence-corrected chi connectivity index (χ0v) is 16.8. The number of nitrogens with zero attached hydrogens (tertiary/aromatic N) is 4. The number of aromatic nitrogens is 3. The number of carbonyl (C=O) groups excluding carboxylic acids is 1. The number of nitrogens with one attached hydrogen (secondary N) is 1. The van der Waals surface area contributed by atoms with E-state index < -0.39 is 17.0 Å². The van der Waals surface area contributed by atoms with Crippen molar-refractivity contribution >= 4 is 29.3 Å². The molecule has 2 aromatic rings. The molecule has 1 amide bonds. The first-order chi connectivity index (χ1) is 13.8. The van der Waals surface area contributed by atoms with Crippen LogP contribution in [0.4, 0.5) is 24.8 Å². The first kappa shape index (κ1) is 20.1. The van der Waals surface area contributed by atoms with Crippen LogP contribution >= 0.6 is 11.8 Å². The molecule has 1 aromatic carbocycles. The molecule has 156 valence electrons. The summed E-state index contributed by atoms with van der Waals surface area (Å²) in [5.41, 5.74) is -0.415. The third-order valence-corrected chi connectivity index (χ3v) is 6.14. The van der Waals surface area contributed by atoms with Gasteiger partial charge >= 0.3 is 6.18 Å². The van der Waals surface area contributed by atoms with Crippen LogP contribution < -0.4 is 10.2 Å². The summed E-state index contributed by atoms with van der Waals surface area (Å²) < 4.78 is 40.1. The minimum atomic E-state index is -4.40. The topological polar surface area (TPSA) is 63.1 Å². The Morgan fingerprint density at radius 1 is 1.17 bits per heavy atom. The SMILES string of the molecule is CC(Sc1nnc(N2CCCC2)n1C1CC1)C(=O)Nc1ccc(C(F)(F)F)cc1. The minimum absolute atomic E-state index is 0.289. The molecule has 4 rings (SSSR count). The predicted octanol–water partition coefficient (Wildman–Crippen LogP) is 4.35. The third kappa shape index (κ3) is 4.52. The van der Waals surface area contributed by atoms with Gasteiger partial charge in [0.2, 0.25) is 11.9 Å². The lowest BCUT2D eigenvalue weighted by atomic mass is 10.2. The molecule has 29 heavy (non-hydrogen) atoms. The van der Waals surface area contributed by atoms with Crippen LogP contribution in [0.3, 0.4) is 0 Å². The van der Waals surface area contributed by atoms with Crippen molar-refractivity contribution in [3.8, 4) is 0 Å². The molecule has 6 nitrogen and oxygen atoms in total. The van der Waals surface area contributed by atoms with Crippen molar-refractivity contribution in [2.24, 2.45) is 0 Å². The highest BCUT2D eigenvalue weighted by Crippen LogP contribution is 2.42. The molecule has 0 bridgehead atoms. The van der Waals surface area contributed by atoms with Crippen LogP contribution in [-0.4, -0.2) is 39.0 Å². The van der Waals surface area contributed by atoms with Gasteiger partial charge in [0.25, 0.3) is 0 Å². The maximum Gasteiger partial charge on any atom is 0.416 e. The zero-order valence-electron chi connectivity index (χ0n) is 15.9. The van der Waals surface area contributed by atoms with Gasteiger partial charge in [0.1, 0.15) is 0 Å². The number of alkyl halides is 3. The number of carbonyl (C=O) groups is 1. The van der Waals surface area contributed by atoms with E-state index in [9.17, 15) is 18.0 Å². The van der Waals surface area contributed by atoms with Crippen LogP contribution in [0.25, 0.3) is 0 Å². The second-order valence-electron chi connectivity index (χ2n) is 7.40. The molecule has 0 radical (unpaired) electrons. The quantitative estimate of drug-likeness (QED) is 0.697. The van der Waals surface area contributed by atoms with E-state index in [-0.39, 0.29) is 5.91 Å². The molecule has 1 aliphatic carbocycles. The van der Waals surface area contributed by atoms with Crippen molar-refractivity contribution in [1.29, 1.82) is 0 Å². The van der Waals surface area contributed by atoms with Crippen LogP contribution in [0, 0.1) is 0 Å². The third-order valence-electron chi connectivity index (χ3n) is 5.08. The number of anilines is 2. The number of halogens is 3. The van der Waals surface area contributed by atoms with E-state index in [0.29, 0.717) is 16.9 Å². The Hall–Kier alpha value is -2.23.